The third-order valence-electron chi connectivity index (χ3n) is 11.7. The van der Waals surface area contributed by atoms with Crippen molar-refractivity contribution in [3.8, 4) is 50.7 Å². The van der Waals surface area contributed by atoms with Crippen molar-refractivity contribution in [1.82, 2.24) is 9.55 Å². The van der Waals surface area contributed by atoms with E-state index < -0.39 is 36.3 Å². The summed E-state index contributed by atoms with van der Waals surface area (Å²) in [5.41, 5.74) is 8.36. The molecule has 0 atom stereocenters. The van der Waals surface area contributed by atoms with E-state index in [1.807, 2.05) is 102 Å². The number of benzene rings is 8. The normalized spacial score (nSPS) is 14.6. The van der Waals surface area contributed by atoms with Crippen molar-refractivity contribution in [3.05, 3.63) is 218 Å². The molecule has 0 saturated heterocycles. The standard InChI is InChI=1S/C58H46N4O/c1-58(2,3)43-34-35-59-56(36-43)62-51-27-14-13-24-49(51)50-33-31-45(38-54(50)62)63-55-37-44(30-32-46(55)40-18-7-4-8-19-40)60-39-61(53-29-16-15-28-52(53)60)57-47(41-20-9-5-10-21-41)25-17-26-48(57)42-22-11-6-12-23-42/h4-38H,39H2,1-3H3/i5D,6D,9D,10D,11D,12D,20D,21D,22D. The topological polar surface area (TPSA) is 33.5 Å². The highest BCUT2D eigenvalue weighted by atomic mass is 16.5. The van der Waals surface area contributed by atoms with Crippen LogP contribution in [-0.4, -0.2) is 16.2 Å². The first-order chi connectivity index (χ1) is 34.6. The summed E-state index contributed by atoms with van der Waals surface area (Å²) in [5.74, 6) is 2.00. The number of anilines is 4. The van der Waals surface area contributed by atoms with E-state index in [1.165, 1.54) is 11.6 Å². The molecule has 0 amide bonds. The highest BCUT2D eigenvalue weighted by Crippen LogP contribution is 2.51. The molecular weight excluding hydrogens is 769 g/mol. The Balaban J connectivity index is 1.08. The number of rotatable bonds is 8. The van der Waals surface area contributed by atoms with Gasteiger partial charge >= 0.3 is 0 Å². The summed E-state index contributed by atoms with van der Waals surface area (Å²) in [4.78, 5) is 8.96. The van der Waals surface area contributed by atoms with Gasteiger partial charge in [0.15, 0.2) is 0 Å². The minimum Gasteiger partial charge on any atom is -0.457 e. The van der Waals surface area contributed by atoms with Crippen LogP contribution in [0.2, 0.25) is 0 Å². The zero-order valence-corrected chi connectivity index (χ0v) is 34.9. The Morgan fingerprint density at radius 1 is 0.540 bits per heavy atom. The minimum atomic E-state index is -0.525. The molecule has 2 aromatic heterocycles. The lowest BCUT2D eigenvalue weighted by Crippen LogP contribution is -2.25. The summed E-state index contributed by atoms with van der Waals surface area (Å²) < 4.78 is 87.8. The van der Waals surface area contributed by atoms with Crippen LogP contribution in [0.5, 0.6) is 11.5 Å². The van der Waals surface area contributed by atoms with Gasteiger partial charge in [-0.3, -0.25) is 4.57 Å². The Kier molecular flexibility index (Phi) is 7.25. The second kappa shape index (κ2) is 15.5. The fourth-order valence-electron chi connectivity index (χ4n) is 8.70. The fourth-order valence-corrected chi connectivity index (χ4v) is 8.70. The van der Waals surface area contributed by atoms with E-state index in [4.69, 9.17) is 22.1 Å². The molecule has 63 heavy (non-hydrogen) atoms. The molecule has 0 fully saturated rings. The number of para-hydroxylation sites is 4. The molecule has 5 heteroatoms. The smallest absolute Gasteiger partial charge is 0.137 e. The van der Waals surface area contributed by atoms with Gasteiger partial charge in [-0.15, -0.1) is 0 Å². The highest BCUT2D eigenvalue weighted by Gasteiger charge is 2.32. The Bertz CT molecular complexity index is 3800. The van der Waals surface area contributed by atoms with Gasteiger partial charge < -0.3 is 14.5 Å². The van der Waals surface area contributed by atoms with Crippen molar-refractivity contribution in [2.24, 2.45) is 0 Å². The lowest BCUT2D eigenvalue weighted by molar-refractivity contribution is 0.485. The van der Waals surface area contributed by atoms with Crippen molar-refractivity contribution in [3.63, 3.8) is 0 Å². The number of pyridine rings is 1. The minimum absolute atomic E-state index is 0.0359. The van der Waals surface area contributed by atoms with Gasteiger partial charge in [0.1, 0.15) is 24.0 Å². The summed E-state index contributed by atoms with van der Waals surface area (Å²) in [7, 11) is 0. The van der Waals surface area contributed by atoms with Gasteiger partial charge in [-0.1, -0.05) is 160 Å². The Labute approximate surface area is 381 Å². The third-order valence-corrected chi connectivity index (χ3v) is 11.7. The first-order valence-corrected chi connectivity index (χ1v) is 20.9. The van der Waals surface area contributed by atoms with Crippen molar-refractivity contribution >= 4 is 44.6 Å². The molecule has 10 aromatic rings. The maximum absolute atomic E-state index is 9.10. The van der Waals surface area contributed by atoms with E-state index in [-0.39, 0.29) is 41.3 Å². The van der Waals surface area contributed by atoms with E-state index in [1.54, 1.807) is 18.2 Å². The first kappa shape index (κ1) is 29.4. The van der Waals surface area contributed by atoms with Crippen molar-refractivity contribution < 1.29 is 17.1 Å². The van der Waals surface area contributed by atoms with Crippen molar-refractivity contribution in [1.29, 1.82) is 0 Å². The number of fused-ring (bicyclic) bond motifs is 4. The second-order valence-corrected chi connectivity index (χ2v) is 16.6. The number of hydrogen-bond donors (Lipinski definition) is 0. The monoisotopic (exact) mass is 823 g/mol. The van der Waals surface area contributed by atoms with Crippen molar-refractivity contribution in [2.45, 2.75) is 26.2 Å². The average molecular weight is 824 g/mol. The van der Waals surface area contributed by atoms with Crippen LogP contribution < -0.4 is 14.5 Å². The molecular formula is C58H46N4O. The molecule has 304 valence electrons. The van der Waals surface area contributed by atoms with Crippen LogP contribution in [0.1, 0.15) is 38.7 Å². The molecule has 5 nitrogen and oxygen atoms in total. The Hall–Kier alpha value is -7.89. The molecule has 11 rings (SSSR count). The van der Waals surface area contributed by atoms with Crippen molar-refractivity contribution in [2.75, 3.05) is 16.5 Å². The SMILES string of the molecule is [2H]c1cc(-c2cccc(-c3c([2H])c([2H])c([2H])c([2H])c3[2H])c2N2CN(c3ccc(-c4ccccc4)c(Oc4ccc5c6ccccc6n(-c6cc(C(C)(C)C)ccn6)c5c4)c3)c3ccccc32)c([2H])c([2H])c1[2H]. The molecule has 1 aliphatic rings. The van der Waals surface area contributed by atoms with Crippen LogP contribution in [0.4, 0.5) is 22.7 Å². The molecule has 0 saturated carbocycles. The van der Waals surface area contributed by atoms with Gasteiger partial charge in [0.25, 0.3) is 0 Å². The lowest BCUT2D eigenvalue weighted by atomic mass is 9.88. The van der Waals surface area contributed by atoms with Crippen LogP contribution in [0.25, 0.3) is 61.0 Å². The summed E-state index contributed by atoms with van der Waals surface area (Å²) in [6, 6.07) is 45.4. The van der Waals surface area contributed by atoms with Gasteiger partial charge in [-0.2, -0.15) is 0 Å². The van der Waals surface area contributed by atoms with E-state index in [2.05, 4.69) is 66.6 Å². The first-order valence-electron chi connectivity index (χ1n) is 25.4. The second-order valence-electron chi connectivity index (χ2n) is 16.6. The molecule has 0 unspecified atom stereocenters. The Morgan fingerprint density at radius 2 is 1.24 bits per heavy atom. The van der Waals surface area contributed by atoms with E-state index in [9.17, 15) is 0 Å². The summed E-state index contributed by atoms with van der Waals surface area (Å²) in [6.45, 7) is 6.73. The third kappa shape index (κ3) is 6.88. The Morgan fingerprint density at radius 3 is 2.05 bits per heavy atom. The molecule has 8 aromatic carbocycles. The predicted octanol–water partition coefficient (Wildman–Crippen LogP) is 15.5. The molecule has 0 aliphatic carbocycles. The van der Waals surface area contributed by atoms with Gasteiger partial charge in [-0.25, -0.2) is 4.98 Å². The van der Waals surface area contributed by atoms with Crippen LogP contribution in [0.3, 0.4) is 0 Å². The predicted molar refractivity (Wildman–Crippen MR) is 262 cm³/mol. The number of hydrogen-bond acceptors (Lipinski definition) is 4. The maximum atomic E-state index is 9.10. The number of aromatic nitrogens is 2. The van der Waals surface area contributed by atoms with Crippen LogP contribution in [0.15, 0.2) is 212 Å². The quantitative estimate of drug-likeness (QED) is 0.153. The van der Waals surface area contributed by atoms with Crippen LogP contribution >= 0.6 is 0 Å². The fraction of sp³-hybridized carbons (Fsp3) is 0.0862. The van der Waals surface area contributed by atoms with E-state index in [0.717, 1.165) is 55.8 Å². The van der Waals surface area contributed by atoms with E-state index >= 15 is 0 Å². The highest BCUT2D eigenvalue weighted by molar-refractivity contribution is 6.09. The van der Waals surface area contributed by atoms with Crippen LogP contribution in [0, 0.1) is 0 Å². The lowest BCUT2D eigenvalue weighted by Gasteiger charge is -2.27. The van der Waals surface area contributed by atoms with Gasteiger partial charge in [0, 0.05) is 51.5 Å². The van der Waals surface area contributed by atoms with E-state index in [0.29, 0.717) is 28.3 Å². The largest absolute Gasteiger partial charge is 0.457 e. The molecule has 0 bridgehead atoms. The summed E-state index contributed by atoms with van der Waals surface area (Å²) in [6.07, 6.45) is 1.87. The average Bonchev–Trinajstić information content (AvgIpc) is 3.94. The van der Waals surface area contributed by atoms with Gasteiger partial charge in [0.2, 0.25) is 0 Å². The maximum Gasteiger partial charge on any atom is 0.137 e. The molecule has 0 N–H and O–H groups in total. The zero-order valence-electron chi connectivity index (χ0n) is 43.9. The zero-order chi connectivity index (χ0) is 50.3. The van der Waals surface area contributed by atoms with Gasteiger partial charge in [-0.05, 0) is 82.3 Å². The molecule has 0 radical (unpaired) electrons. The summed E-state index contributed by atoms with van der Waals surface area (Å²) >= 11 is 0. The molecule has 3 heterocycles. The molecule has 0 spiro atoms. The van der Waals surface area contributed by atoms with Gasteiger partial charge in [0.05, 0.1) is 40.4 Å². The summed E-state index contributed by atoms with van der Waals surface area (Å²) in [5, 5.41) is 2.15. The number of ether oxygens (including phenoxy) is 1. The van der Waals surface area contributed by atoms with Crippen LogP contribution in [-0.2, 0) is 5.41 Å². The molecule has 1 aliphatic heterocycles. The number of nitrogens with zero attached hydrogens (tertiary/aromatic N) is 4.